The molecule has 0 bridgehead atoms. The van der Waals surface area contributed by atoms with Gasteiger partial charge in [-0.1, -0.05) is 57.0 Å². The van der Waals surface area contributed by atoms with Crippen molar-refractivity contribution < 1.29 is 156 Å². The van der Waals surface area contributed by atoms with Crippen LogP contribution in [0.5, 0.6) is 0 Å². The molecular weight excluding hydrogens is 2080 g/mol. The number of unbranched alkanes of at least 4 members (excludes halogenated alkanes) is 16. The average Bonchev–Trinajstić information content (AvgIpc) is 1.76. The average molecular weight is 2240 g/mol. The third-order valence-corrected chi connectivity index (χ3v) is 17.5. The number of hydrogen-bond donors (Lipinski definition) is 2. The standard InChI is InChI=1S/C20H38N5.C11H22N3.2C9H16ClN2.C9H17N2O.C8H19BrN.C5H11BrO.C4H6N2.C3H3N2.7BrH.ClH.Na/c1-21-14-15-22(19-21)11-7-5-8-12-23-16-17-24(20-23)13-9-6-10-18-25(2,3)4;1-14(2,3)10-6-4-5-8-13-9-7-12-11-13;2*1-11-7-8-12(9-11)6-4-2-3-5-10;1-10-6-7-11(9-10)5-3-2-4-8-12;1-10(2,3)8-6-4-5-7-9;6-4-2-1-3-5-7;1-6-3-2-5-4-6;1-2-5-3-4-1;;;;;;;;;/h14-17,19-20H,5-13,18H2,1-4H3;7,9,11H,4-6,8,10H2,1-3H3;2*7-9H,2-6H2,1H3;6-7,9,12H,2-5,8H2,1H3;4-8H2,1-3H3;7H,1-5H2;2-4H,1H3;1-3H;8*1H;/q+3;5*+1;;;-1;;;;;;;;;+1/p-5. The molecular formula is C78H151Br9Cl3N19NaO2+3. The summed E-state index contributed by atoms with van der Waals surface area (Å²) in [5.74, 6) is 1.58. The van der Waals surface area contributed by atoms with Gasteiger partial charge in [0.15, 0.2) is 0 Å². The molecule has 0 saturated heterocycles. The van der Waals surface area contributed by atoms with E-state index in [1.165, 1.54) is 135 Å². The molecule has 0 unspecified atom stereocenters. The molecule has 8 heterocycles. The molecule has 2 N–H and O–H groups in total. The molecule has 34 heteroatoms. The van der Waals surface area contributed by atoms with Crippen molar-refractivity contribution in [2.75, 3.05) is 119 Å². The van der Waals surface area contributed by atoms with Crippen LogP contribution >= 0.6 is 106 Å². The van der Waals surface area contributed by atoms with Crippen LogP contribution in [0.4, 0.5) is 0 Å². The molecule has 8 aromatic heterocycles. The quantitative estimate of drug-likeness (QED) is 0.0131. The molecule has 21 nitrogen and oxygen atoms in total. The fraction of sp³-hybridized carbons (Fsp3) is 0.692. The minimum absolute atomic E-state index is 0. The Morgan fingerprint density at radius 3 is 0.946 bits per heavy atom. The molecule has 0 saturated carbocycles. The fourth-order valence-corrected chi connectivity index (χ4v) is 11.2. The number of alkyl halides is 4. The van der Waals surface area contributed by atoms with Crippen LogP contribution in [0.3, 0.4) is 0 Å². The second-order valence-corrected chi connectivity index (χ2v) is 32.0. The summed E-state index contributed by atoms with van der Waals surface area (Å²) in [5, 5.41) is 19.1. The fourth-order valence-electron chi connectivity index (χ4n) is 10.0. The van der Waals surface area contributed by atoms with Gasteiger partial charge in [-0.05, 0) is 148 Å². The van der Waals surface area contributed by atoms with Crippen LogP contribution in [0.2, 0.25) is 0 Å². The molecule has 8 aromatic rings. The van der Waals surface area contributed by atoms with Gasteiger partial charge in [-0.25, -0.2) is 55.6 Å². The van der Waals surface area contributed by atoms with Crippen LogP contribution < -0.4 is 138 Å². The largest absolute Gasteiger partial charge is 1.00 e. The van der Waals surface area contributed by atoms with Crippen LogP contribution in [-0.4, -0.2) is 189 Å². The Labute approximate surface area is 809 Å². The van der Waals surface area contributed by atoms with E-state index >= 15 is 0 Å². The topological polar surface area (TPSA) is 147 Å². The first-order valence-electron chi connectivity index (χ1n) is 38.1. The summed E-state index contributed by atoms with van der Waals surface area (Å²) in [5.41, 5.74) is 0. The van der Waals surface area contributed by atoms with Crippen LogP contribution in [0.25, 0.3) is 0 Å². The van der Waals surface area contributed by atoms with Crippen molar-refractivity contribution in [3.63, 3.8) is 0 Å². The Balaban J connectivity index is -0.000000134. The maximum atomic E-state index is 8.56. The summed E-state index contributed by atoms with van der Waals surface area (Å²) in [6.45, 7) is 12.3. The molecule has 0 fully saturated rings. The van der Waals surface area contributed by atoms with E-state index in [1.807, 2.05) is 68.4 Å². The van der Waals surface area contributed by atoms with E-state index in [2.05, 4.69) is 255 Å². The molecule has 652 valence electrons. The minimum Gasteiger partial charge on any atom is -1.00 e. The third-order valence-electron chi connectivity index (χ3n) is 15.9. The first kappa shape index (κ1) is 132. The third kappa shape index (κ3) is 92.0. The maximum absolute atomic E-state index is 8.56. The molecule has 8 rings (SSSR count). The van der Waals surface area contributed by atoms with Crippen LogP contribution in [-0.2, 0) is 81.1 Å². The van der Waals surface area contributed by atoms with Crippen LogP contribution in [0.1, 0.15) is 154 Å². The Bertz CT molecular complexity index is 2890. The number of aryl methyl sites for hydroxylation is 12. The van der Waals surface area contributed by atoms with Gasteiger partial charge in [0.2, 0.25) is 31.6 Å². The van der Waals surface area contributed by atoms with Gasteiger partial charge >= 0.3 is 29.6 Å². The second-order valence-electron chi connectivity index (χ2n) is 29.6. The van der Waals surface area contributed by atoms with Crippen molar-refractivity contribution in [3.8, 4) is 0 Å². The van der Waals surface area contributed by atoms with Gasteiger partial charge in [0, 0.05) is 74.0 Å². The van der Waals surface area contributed by atoms with E-state index in [4.69, 9.17) is 33.4 Å². The Morgan fingerprint density at radius 2 is 0.688 bits per heavy atom. The molecule has 0 aliphatic rings. The number of aliphatic hydroxyl groups is 2. The summed E-state index contributed by atoms with van der Waals surface area (Å²) in [7, 11) is 30.4. The van der Waals surface area contributed by atoms with E-state index in [9.17, 15) is 0 Å². The van der Waals surface area contributed by atoms with Gasteiger partial charge in [0.05, 0.1) is 163 Å². The van der Waals surface area contributed by atoms with Crippen molar-refractivity contribution in [3.05, 3.63) is 150 Å². The maximum Gasteiger partial charge on any atom is 1.00 e. The molecule has 0 radical (unpaired) electrons. The Morgan fingerprint density at radius 1 is 0.375 bits per heavy atom. The summed E-state index contributed by atoms with van der Waals surface area (Å²) in [4.78, 5) is 15.0. The normalized spacial score (nSPS) is 10.0. The number of nitrogens with zero attached hydrogens (tertiary/aromatic N) is 19. The molecule has 0 amide bonds. The van der Waals surface area contributed by atoms with Gasteiger partial charge < -0.3 is 123 Å². The van der Waals surface area contributed by atoms with Crippen molar-refractivity contribution >= 4 is 106 Å². The van der Waals surface area contributed by atoms with Gasteiger partial charge in [-0.15, -0.1) is 74.1 Å². The summed E-state index contributed by atoms with van der Waals surface area (Å²) in [6.07, 6.45) is 77.0. The zero-order valence-corrected chi connectivity index (χ0v) is 90.1. The zero-order valence-electron chi connectivity index (χ0n) is 71.2. The van der Waals surface area contributed by atoms with E-state index in [0.717, 1.165) is 127 Å². The van der Waals surface area contributed by atoms with E-state index in [0.29, 0.717) is 13.2 Å². The van der Waals surface area contributed by atoms with Gasteiger partial charge in [0.1, 0.15) is 62.0 Å². The molecule has 0 aromatic carbocycles. The molecule has 0 aliphatic carbocycles. The van der Waals surface area contributed by atoms with Gasteiger partial charge in [-0.2, -0.15) is 0 Å². The second kappa shape index (κ2) is 89.9. The van der Waals surface area contributed by atoms with E-state index < -0.39 is 0 Å². The number of quaternary nitrogens is 3. The van der Waals surface area contributed by atoms with Crippen molar-refractivity contribution in [2.24, 2.45) is 35.2 Å². The molecule has 0 atom stereocenters. The zero-order chi connectivity index (χ0) is 76.5. The molecule has 0 aliphatic heterocycles. The smallest absolute Gasteiger partial charge is 1.00 e. The Kier molecular flexibility index (Phi) is 106. The van der Waals surface area contributed by atoms with Gasteiger partial charge in [0.25, 0.3) is 0 Å². The number of halogens is 12. The number of aliphatic hydroxyl groups excluding tert-OH is 2. The summed E-state index contributed by atoms with van der Waals surface area (Å²) in [6, 6.07) is 0. The predicted molar refractivity (Wildman–Crippen MR) is 464 cm³/mol. The minimum atomic E-state index is 0. The number of imidazole rings is 8. The van der Waals surface area contributed by atoms with Gasteiger partial charge in [-0.3, -0.25) is 0 Å². The number of hydrogen-bond acceptors (Lipinski definition) is 5. The molecule has 112 heavy (non-hydrogen) atoms. The number of rotatable bonds is 42. The first-order chi connectivity index (χ1) is 49.3. The molecule has 0 spiro atoms. The summed E-state index contributed by atoms with van der Waals surface area (Å²) >= 11 is 17.9. The SMILES string of the molecule is Br.Br.Br.C[N+](C)(C)CCCCCBr.C[N+](C)(C)CCCCCn1ccnc1.C[n+]1ccn(CCCCCCl)c1.C[n+]1ccn(CCCCCCl)c1.C[n+]1ccn(CCCCCO)c1.C[n+]1ccn(CCCCC[n+]2ccn(CCCCC[N+](C)(C)C)c2)c1.Cn1ccnc1.OCCCCCBr.[Br-].[Br-].[Br-].[Br-].[Cl-].[Na+].c1c[n-]cn1. The van der Waals surface area contributed by atoms with E-state index in [-0.39, 0.29) is 161 Å². The summed E-state index contributed by atoms with van der Waals surface area (Å²) < 4.78 is 29.0. The van der Waals surface area contributed by atoms with Crippen LogP contribution in [0, 0.1) is 0 Å². The van der Waals surface area contributed by atoms with Crippen molar-refractivity contribution in [1.82, 2.24) is 51.9 Å². The predicted octanol–water partition coefficient (Wildman–Crippen LogP) is -4.15. The Hall–Kier alpha value is -0.330. The van der Waals surface area contributed by atoms with Crippen molar-refractivity contribution in [1.29, 1.82) is 0 Å². The van der Waals surface area contributed by atoms with E-state index in [1.54, 1.807) is 24.9 Å². The monoisotopic (exact) mass is 2220 g/mol. The van der Waals surface area contributed by atoms with Crippen molar-refractivity contribution in [2.45, 2.75) is 200 Å². The number of aromatic nitrogens is 16. The first-order valence-corrected chi connectivity index (χ1v) is 41.4. The van der Waals surface area contributed by atoms with Crippen LogP contribution in [0.15, 0.2) is 150 Å².